The van der Waals surface area contributed by atoms with E-state index in [9.17, 15) is 4.79 Å². The van der Waals surface area contributed by atoms with Gasteiger partial charge in [0.1, 0.15) is 6.10 Å². The van der Waals surface area contributed by atoms with E-state index in [2.05, 4.69) is 12.2 Å². The Hall–Kier alpha value is -1.35. The molecule has 17 heavy (non-hydrogen) atoms. The topological polar surface area (TPSA) is 38.3 Å². The first-order valence-electron chi connectivity index (χ1n) is 6.12. The van der Waals surface area contributed by atoms with Crippen LogP contribution in [0.15, 0.2) is 24.3 Å². The number of ether oxygens (including phenoxy) is 1. The van der Waals surface area contributed by atoms with Gasteiger partial charge >= 0.3 is 5.97 Å². The normalized spacial score (nSPS) is 12.2. The van der Waals surface area contributed by atoms with Gasteiger partial charge < -0.3 is 10.1 Å². The Kier molecular flexibility index (Phi) is 5.70. The summed E-state index contributed by atoms with van der Waals surface area (Å²) in [7, 11) is 0. The molecule has 0 saturated carbocycles. The molecule has 1 aromatic rings. The van der Waals surface area contributed by atoms with Crippen molar-refractivity contribution in [3.05, 3.63) is 35.4 Å². The van der Waals surface area contributed by atoms with Gasteiger partial charge in [0.05, 0.1) is 5.56 Å². The maximum Gasteiger partial charge on any atom is 0.338 e. The second-order valence-electron chi connectivity index (χ2n) is 4.29. The SMILES string of the molecule is CCCNCC(C)OC(=O)c1cccc(C)c1. The fraction of sp³-hybridized carbons (Fsp3) is 0.500. The van der Waals surface area contributed by atoms with Crippen molar-refractivity contribution in [2.24, 2.45) is 0 Å². The van der Waals surface area contributed by atoms with Crippen molar-refractivity contribution in [2.75, 3.05) is 13.1 Å². The molecule has 1 atom stereocenters. The summed E-state index contributed by atoms with van der Waals surface area (Å²) in [6.45, 7) is 7.62. The van der Waals surface area contributed by atoms with Crippen molar-refractivity contribution in [1.82, 2.24) is 5.32 Å². The molecule has 0 aliphatic rings. The molecule has 3 nitrogen and oxygen atoms in total. The largest absolute Gasteiger partial charge is 0.458 e. The van der Waals surface area contributed by atoms with Crippen LogP contribution in [0.2, 0.25) is 0 Å². The van der Waals surface area contributed by atoms with Crippen LogP contribution < -0.4 is 5.32 Å². The lowest BCUT2D eigenvalue weighted by Gasteiger charge is -2.14. The predicted molar refractivity (Wildman–Crippen MR) is 69.2 cm³/mol. The molecule has 0 amide bonds. The Bertz CT molecular complexity index is 363. The maximum absolute atomic E-state index is 11.8. The third-order valence-corrected chi connectivity index (χ3v) is 2.42. The average Bonchev–Trinajstić information content (AvgIpc) is 2.29. The number of carbonyl (C=O) groups excluding carboxylic acids is 1. The van der Waals surface area contributed by atoms with Gasteiger partial charge in [-0.15, -0.1) is 0 Å². The van der Waals surface area contributed by atoms with E-state index in [4.69, 9.17) is 4.74 Å². The lowest BCUT2D eigenvalue weighted by molar-refractivity contribution is 0.0343. The van der Waals surface area contributed by atoms with Crippen LogP contribution in [0.5, 0.6) is 0 Å². The molecule has 0 bridgehead atoms. The third-order valence-electron chi connectivity index (χ3n) is 2.42. The van der Waals surface area contributed by atoms with Crippen LogP contribution >= 0.6 is 0 Å². The van der Waals surface area contributed by atoms with Gasteiger partial charge in [-0.1, -0.05) is 24.6 Å². The van der Waals surface area contributed by atoms with Crippen molar-refractivity contribution in [2.45, 2.75) is 33.3 Å². The van der Waals surface area contributed by atoms with Crippen molar-refractivity contribution >= 4 is 5.97 Å². The molecule has 0 saturated heterocycles. The highest BCUT2D eigenvalue weighted by atomic mass is 16.5. The highest BCUT2D eigenvalue weighted by Gasteiger charge is 2.11. The van der Waals surface area contributed by atoms with Crippen molar-refractivity contribution in [3.8, 4) is 0 Å². The monoisotopic (exact) mass is 235 g/mol. The summed E-state index contributed by atoms with van der Waals surface area (Å²) in [5.41, 5.74) is 1.68. The Labute approximate surface area is 103 Å². The van der Waals surface area contributed by atoms with Gasteiger partial charge in [0.25, 0.3) is 0 Å². The number of hydrogen-bond donors (Lipinski definition) is 1. The number of carbonyl (C=O) groups is 1. The fourth-order valence-electron chi connectivity index (χ4n) is 1.55. The molecule has 1 aromatic carbocycles. The van der Waals surface area contributed by atoms with Crippen molar-refractivity contribution in [3.63, 3.8) is 0 Å². The molecule has 0 fully saturated rings. The maximum atomic E-state index is 11.8. The number of nitrogens with one attached hydrogen (secondary N) is 1. The van der Waals surface area contributed by atoms with Gasteiger partial charge in [0.2, 0.25) is 0 Å². The molecule has 3 heteroatoms. The molecule has 1 rings (SSSR count). The molecule has 94 valence electrons. The van der Waals surface area contributed by atoms with Gasteiger partial charge in [-0.3, -0.25) is 0 Å². The van der Waals surface area contributed by atoms with E-state index in [0.717, 1.165) is 18.5 Å². The van der Waals surface area contributed by atoms with Crippen LogP contribution in [-0.2, 0) is 4.74 Å². The van der Waals surface area contributed by atoms with Crippen LogP contribution in [-0.4, -0.2) is 25.2 Å². The zero-order valence-electron chi connectivity index (χ0n) is 10.8. The van der Waals surface area contributed by atoms with Gasteiger partial charge in [-0.25, -0.2) is 4.79 Å². The van der Waals surface area contributed by atoms with E-state index in [1.165, 1.54) is 0 Å². The van der Waals surface area contributed by atoms with E-state index in [-0.39, 0.29) is 12.1 Å². The molecule has 0 spiro atoms. The first kappa shape index (κ1) is 13.7. The molecule has 1 unspecified atom stereocenters. The number of benzene rings is 1. The zero-order valence-corrected chi connectivity index (χ0v) is 10.8. The third kappa shape index (κ3) is 5.00. The minimum atomic E-state index is -0.250. The summed E-state index contributed by atoms with van der Waals surface area (Å²) in [5.74, 6) is -0.250. The average molecular weight is 235 g/mol. The predicted octanol–water partition coefficient (Wildman–Crippen LogP) is 2.54. The van der Waals surface area contributed by atoms with Gasteiger partial charge in [0, 0.05) is 6.54 Å². The summed E-state index contributed by atoms with van der Waals surface area (Å²) >= 11 is 0. The Balaban J connectivity index is 2.43. The van der Waals surface area contributed by atoms with Crippen molar-refractivity contribution in [1.29, 1.82) is 0 Å². The minimum absolute atomic E-state index is 0.102. The number of aryl methyl sites for hydroxylation is 1. The first-order valence-corrected chi connectivity index (χ1v) is 6.12. The number of esters is 1. The first-order chi connectivity index (χ1) is 8.13. The highest BCUT2D eigenvalue weighted by Crippen LogP contribution is 2.07. The van der Waals surface area contributed by atoms with E-state index in [1.54, 1.807) is 6.07 Å². The van der Waals surface area contributed by atoms with E-state index < -0.39 is 0 Å². The molecule has 0 aliphatic carbocycles. The highest BCUT2D eigenvalue weighted by molar-refractivity contribution is 5.89. The molecular weight excluding hydrogens is 214 g/mol. The number of rotatable bonds is 6. The minimum Gasteiger partial charge on any atom is -0.458 e. The van der Waals surface area contributed by atoms with E-state index >= 15 is 0 Å². The molecule has 0 aromatic heterocycles. The standard InChI is InChI=1S/C14H21NO2/c1-4-8-15-10-12(3)17-14(16)13-7-5-6-11(2)9-13/h5-7,9,12,15H,4,8,10H2,1-3H3. The second-order valence-corrected chi connectivity index (χ2v) is 4.29. The van der Waals surface area contributed by atoms with Crippen LogP contribution in [0.25, 0.3) is 0 Å². The summed E-state index contributed by atoms with van der Waals surface area (Å²) in [6.07, 6.45) is 0.980. The Morgan fingerprint density at radius 2 is 2.24 bits per heavy atom. The van der Waals surface area contributed by atoms with Crippen LogP contribution in [0.1, 0.15) is 36.2 Å². The summed E-state index contributed by atoms with van der Waals surface area (Å²) in [4.78, 5) is 11.8. The Morgan fingerprint density at radius 3 is 2.88 bits per heavy atom. The molecular formula is C14H21NO2. The lowest BCUT2D eigenvalue weighted by atomic mass is 10.1. The van der Waals surface area contributed by atoms with E-state index in [0.29, 0.717) is 12.1 Å². The summed E-state index contributed by atoms with van der Waals surface area (Å²) in [6, 6.07) is 7.45. The van der Waals surface area contributed by atoms with Crippen LogP contribution in [0.3, 0.4) is 0 Å². The van der Waals surface area contributed by atoms with Gasteiger partial charge in [0.15, 0.2) is 0 Å². The molecule has 0 aliphatic heterocycles. The fourth-order valence-corrected chi connectivity index (χ4v) is 1.55. The summed E-state index contributed by atoms with van der Waals surface area (Å²) in [5, 5.41) is 3.23. The quantitative estimate of drug-likeness (QED) is 0.608. The van der Waals surface area contributed by atoms with Crippen LogP contribution in [0.4, 0.5) is 0 Å². The van der Waals surface area contributed by atoms with E-state index in [1.807, 2.05) is 32.0 Å². The second kappa shape index (κ2) is 7.07. The van der Waals surface area contributed by atoms with Gasteiger partial charge in [-0.05, 0) is 38.9 Å². The molecule has 0 heterocycles. The summed E-state index contributed by atoms with van der Waals surface area (Å²) < 4.78 is 5.34. The lowest BCUT2D eigenvalue weighted by Crippen LogP contribution is -2.29. The zero-order chi connectivity index (χ0) is 12.7. The van der Waals surface area contributed by atoms with Crippen molar-refractivity contribution < 1.29 is 9.53 Å². The molecule has 1 N–H and O–H groups in total. The van der Waals surface area contributed by atoms with Crippen LogP contribution in [0, 0.1) is 6.92 Å². The number of hydrogen-bond acceptors (Lipinski definition) is 3. The Morgan fingerprint density at radius 1 is 1.47 bits per heavy atom. The smallest absolute Gasteiger partial charge is 0.338 e. The van der Waals surface area contributed by atoms with Gasteiger partial charge in [-0.2, -0.15) is 0 Å². The molecule has 0 radical (unpaired) electrons.